The number of nitrogens with one attached hydrogen (secondary N) is 1. The van der Waals surface area contributed by atoms with Crippen molar-refractivity contribution in [2.75, 3.05) is 20.3 Å². The lowest BCUT2D eigenvalue weighted by molar-refractivity contribution is -0.174. The summed E-state index contributed by atoms with van der Waals surface area (Å²) in [7, 11) is 1.82. The SMILES string of the molecule is CNC(C)(C)c1cncn1CCOCC(F)(F)F. The van der Waals surface area contributed by atoms with Gasteiger partial charge in [-0.25, -0.2) is 4.98 Å². The fourth-order valence-corrected chi connectivity index (χ4v) is 1.50. The molecule has 0 fully saturated rings. The predicted octanol–water partition coefficient (Wildman–Crippen LogP) is 1.92. The Bertz CT molecular complexity index is 374. The second kappa shape index (κ2) is 5.71. The van der Waals surface area contributed by atoms with Gasteiger partial charge in [0.2, 0.25) is 0 Å². The fraction of sp³-hybridized carbons (Fsp3) is 0.727. The Morgan fingerprint density at radius 1 is 1.39 bits per heavy atom. The smallest absolute Gasteiger partial charge is 0.370 e. The molecule has 0 saturated heterocycles. The van der Waals surface area contributed by atoms with Crippen LogP contribution in [0.2, 0.25) is 0 Å². The number of nitrogens with zero attached hydrogens (tertiary/aromatic N) is 2. The van der Waals surface area contributed by atoms with Crippen LogP contribution in [0.3, 0.4) is 0 Å². The first-order chi connectivity index (χ1) is 8.26. The zero-order valence-corrected chi connectivity index (χ0v) is 10.7. The minimum absolute atomic E-state index is 0.00264. The zero-order chi connectivity index (χ0) is 13.8. The number of hydrogen-bond acceptors (Lipinski definition) is 3. The Labute approximate surface area is 104 Å². The van der Waals surface area contributed by atoms with Crippen LogP contribution in [-0.2, 0) is 16.8 Å². The van der Waals surface area contributed by atoms with E-state index in [1.165, 1.54) is 0 Å². The van der Waals surface area contributed by atoms with Crippen molar-refractivity contribution in [1.29, 1.82) is 0 Å². The standard InChI is InChI=1S/C11H18F3N3O/c1-10(2,15-3)9-6-16-8-17(9)4-5-18-7-11(12,13)14/h6,8,15H,4-5,7H2,1-3H3. The number of imidazole rings is 1. The Kier molecular flexibility index (Phi) is 4.75. The summed E-state index contributed by atoms with van der Waals surface area (Å²) in [5, 5.41) is 3.12. The molecule has 1 heterocycles. The van der Waals surface area contributed by atoms with Crippen LogP contribution in [0.4, 0.5) is 13.2 Å². The fourth-order valence-electron chi connectivity index (χ4n) is 1.50. The third-order valence-electron chi connectivity index (χ3n) is 2.72. The molecule has 0 aliphatic carbocycles. The second-order valence-corrected chi connectivity index (χ2v) is 4.52. The summed E-state index contributed by atoms with van der Waals surface area (Å²) in [6.07, 6.45) is -0.992. The van der Waals surface area contributed by atoms with Crippen molar-refractivity contribution < 1.29 is 17.9 Å². The maximum Gasteiger partial charge on any atom is 0.411 e. The Hall–Kier alpha value is -1.08. The molecule has 0 unspecified atom stereocenters. The van der Waals surface area contributed by atoms with E-state index < -0.39 is 12.8 Å². The van der Waals surface area contributed by atoms with Crippen molar-refractivity contribution >= 4 is 0 Å². The largest absolute Gasteiger partial charge is 0.411 e. The number of ether oxygens (including phenoxy) is 1. The topological polar surface area (TPSA) is 39.1 Å². The molecule has 0 spiro atoms. The number of rotatable bonds is 6. The summed E-state index contributed by atoms with van der Waals surface area (Å²) in [6.45, 7) is 3.07. The lowest BCUT2D eigenvalue weighted by Crippen LogP contribution is -2.35. The van der Waals surface area contributed by atoms with E-state index in [9.17, 15) is 13.2 Å². The van der Waals surface area contributed by atoms with Gasteiger partial charge in [-0.15, -0.1) is 0 Å². The normalized spacial score (nSPS) is 13.0. The highest BCUT2D eigenvalue weighted by molar-refractivity contribution is 5.10. The van der Waals surface area contributed by atoms with Gasteiger partial charge in [0.15, 0.2) is 0 Å². The average molecular weight is 265 g/mol. The molecule has 1 N–H and O–H groups in total. The van der Waals surface area contributed by atoms with Crippen LogP contribution < -0.4 is 5.32 Å². The van der Waals surface area contributed by atoms with E-state index in [2.05, 4.69) is 15.0 Å². The van der Waals surface area contributed by atoms with E-state index in [-0.39, 0.29) is 12.1 Å². The van der Waals surface area contributed by atoms with Gasteiger partial charge in [0.05, 0.1) is 24.2 Å². The van der Waals surface area contributed by atoms with Crippen molar-refractivity contribution in [3.63, 3.8) is 0 Å². The minimum Gasteiger partial charge on any atom is -0.370 e. The van der Waals surface area contributed by atoms with E-state index in [1.54, 1.807) is 17.1 Å². The number of alkyl halides is 3. The molecule has 1 aromatic heterocycles. The molecule has 0 aliphatic rings. The van der Waals surface area contributed by atoms with Crippen LogP contribution >= 0.6 is 0 Å². The molecular formula is C11H18F3N3O. The molecule has 0 saturated carbocycles. The van der Waals surface area contributed by atoms with Gasteiger partial charge in [-0.2, -0.15) is 13.2 Å². The Morgan fingerprint density at radius 2 is 2.06 bits per heavy atom. The van der Waals surface area contributed by atoms with Crippen LogP contribution in [0, 0.1) is 0 Å². The molecule has 0 aliphatic heterocycles. The lowest BCUT2D eigenvalue weighted by Gasteiger charge is -2.25. The number of aromatic nitrogens is 2. The minimum atomic E-state index is -4.28. The highest BCUT2D eigenvalue weighted by atomic mass is 19.4. The van der Waals surface area contributed by atoms with Crippen molar-refractivity contribution in [3.8, 4) is 0 Å². The monoisotopic (exact) mass is 265 g/mol. The third-order valence-corrected chi connectivity index (χ3v) is 2.72. The number of halogens is 3. The first-order valence-electron chi connectivity index (χ1n) is 5.60. The van der Waals surface area contributed by atoms with Crippen molar-refractivity contribution in [2.24, 2.45) is 0 Å². The van der Waals surface area contributed by atoms with Crippen LogP contribution in [0.5, 0.6) is 0 Å². The summed E-state index contributed by atoms with van der Waals surface area (Å²) < 4.78 is 42.0. The molecule has 1 aromatic rings. The van der Waals surface area contributed by atoms with Crippen LogP contribution in [-0.4, -0.2) is 36.0 Å². The Morgan fingerprint density at radius 3 is 2.61 bits per heavy atom. The summed E-state index contributed by atoms with van der Waals surface area (Å²) in [5.74, 6) is 0. The van der Waals surface area contributed by atoms with Gasteiger partial charge in [0.1, 0.15) is 6.61 Å². The molecule has 0 atom stereocenters. The van der Waals surface area contributed by atoms with Crippen LogP contribution in [0.15, 0.2) is 12.5 Å². The molecule has 0 bridgehead atoms. The van der Waals surface area contributed by atoms with Gasteiger partial charge in [-0.05, 0) is 20.9 Å². The van der Waals surface area contributed by atoms with Gasteiger partial charge in [-0.1, -0.05) is 0 Å². The maximum absolute atomic E-state index is 11.9. The summed E-state index contributed by atoms with van der Waals surface area (Å²) in [6, 6.07) is 0. The number of hydrogen-bond donors (Lipinski definition) is 1. The summed E-state index contributed by atoms with van der Waals surface area (Å²) >= 11 is 0. The van der Waals surface area contributed by atoms with Crippen LogP contribution in [0.1, 0.15) is 19.5 Å². The average Bonchev–Trinajstić information content (AvgIpc) is 2.72. The summed E-state index contributed by atoms with van der Waals surface area (Å²) in [4.78, 5) is 4.01. The molecule has 0 aromatic carbocycles. The van der Waals surface area contributed by atoms with Gasteiger partial charge in [-0.3, -0.25) is 0 Å². The molecule has 104 valence electrons. The molecular weight excluding hydrogens is 247 g/mol. The molecule has 4 nitrogen and oxygen atoms in total. The molecule has 0 radical (unpaired) electrons. The maximum atomic E-state index is 11.9. The molecule has 0 amide bonds. The van der Waals surface area contributed by atoms with Gasteiger partial charge < -0.3 is 14.6 Å². The van der Waals surface area contributed by atoms with E-state index in [0.717, 1.165) is 5.69 Å². The predicted molar refractivity (Wildman–Crippen MR) is 61.2 cm³/mol. The molecule has 7 heteroatoms. The molecule has 1 rings (SSSR count). The quantitative estimate of drug-likeness (QED) is 0.799. The van der Waals surface area contributed by atoms with Gasteiger partial charge in [0, 0.05) is 12.7 Å². The van der Waals surface area contributed by atoms with Gasteiger partial charge >= 0.3 is 6.18 Å². The Balaban J connectivity index is 2.51. The first-order valence-corrected chi connectivity index (χ1v) is 5.60. The lowest BCUT2D eigenvalue weighted by atomic mass is 10.0. The zero-order valence-electron chi connectivity index (χ0n) is 10.7. The molecule has 18 heavy (non-hydrogen) atoms. The van der Waals surface area contributed by atoms with Crippen molar-refractivity contribution in [2.45, 2.75) is 32.1 Å². The van der Waals surface area contributed by atoms with E-state index in [4.69, 9.17) is 0 Å². The van der Waals surface area contributed by atoms with Crippen molar-refractivity contribution in [3.05, 3.63) is 18.2 Å². The van der Waals surface area contributed by atoms with E-state index >= 15 is 0 Å². The highest BCUT2D eigenvalue weighted by Gasteiger charge is 2.27. The third kappa shape index (κ3) is 4.30. The van der Waals surface area contributed by atoms with Crippen molar-refractivity contribution in [1.82, 2.24) is 14.9 Å². The summed E-state index contributed by atoms with van der Waals surface area (Å²) in [5.41, 5.74) is 0.612. The van der Waals surface area contributed by atoms with E-state index in [0.29, 0.717) is 6.54 Å². The van der Waals surface area contributed by atoms with Gasteiger partial charge in [0.25, 0.3) is 0 Å². The second-order valence-electron chi connectivity index (χ2n) is 4.52. The highest BCUT2D eigenvalue weighted by Crippen LogP contribution is 2.19. The van der Waals surface area contributed by atoms with Crippen LogP contribution in [0.25, 0.3) is 0 Å². The van der Waals surface area contributed by atoms with E-state index in [1.807, 2.05) is 20.9 Å². The first kappa shape index (κ1) is 15.0.